The lowest BCUT2D eigenvalue weighted by Crippen LogP contribution is -2.43. The van der Waals surface area contributed by atoms with Crippen LogP contribution in [0.1, 0.15) is 34.1 Å². The minimum absolute atomic E-state index is 0.0204. The van der Waals surface area contributed by atoms with E-state index in [9.17, 15) is 4.79 Å². The van der Waals surface area contributed by atoms with Gasteiger partial charge >= 0.3 is 6.09 Å². The third-order valence-corrected chi connectivity index (χ3v) is 2.49. The summed E-state index contributed by atoms with van der Waals surface area (Å²) in [4.78, 5) is 11.4. The average molecular weight is 201 g/mol. The molecule has 1 saturated carbocycles. The second kappa shape index (κ2) is 3.42. The maximum Gasteiger partial charge on any atom is 0.408 e. The third-order valence-electron chi connectivity index (χ3n) is 2.49. The van der Waals surface area contributed by atoms with Crippen molar-refractivity contribution in [2.24, 2.45) is 5.92 Å². The number of hydrogen-bond donors (Lipinski definition) is 2. The summed E-state index contributed by atoms with van der Waals surface area (Å²) in [7, 11) is 0. The van der Waals surface area contributed by atoms with E-state index in [0.29, 0.717) is 5.92 Å². The molecule has 0 aromatic heterocycles. The van der Waals surface area contributed by atoms with Crippen LogP contribution in [0.15, 0.2) is 0 Å². The first-order chi connectivity index (χ1) is 6.29. The minimum Gasteiger partial charge on any atom is -0.444 e. The smallest absolute Gasteiger partial charge is 0.408 e. The monoisotopic (exact) mass is 201 g/mol. The fourth-order valence-corrected chi connectivity index (χ4v) is 1.43. The summed E-state index contributed by atoms with van der Waals surface area (Å²) in [5.41, 5.74) is -0.915. The molecule has 2 N–H and O–H groups in total. The predicted molar refractivity (Wildman–Crippen MR) is 53.0 cm³/mol. The number of aliphatic hydroxyl groups is 1. The highest BCUT2D eigenvalue weighted by atomic mass is 16.6. The van der Waals surface area contributed by atoms with Gasteiger partial charge in [0, 0.05) is 0 Å². The summed E-state index contributed by atoms with van der Waals surface area (Å²) in [6, 6.07) is 0. The Hall–Kier alpha value is -0.770. The van der Waals surface area contributed by atoms with Crippen LogP contribution in [0.2, 0.25) is 0 Å². The molecule has 1 aliphatic rings. The number of rotatable bonds is 2. The summed E-state index contributed by atoms with van der Waals surface area (Å²) in [6.07, 6.45) is 0.374. The van der Waals surface area contributed by atoms with E-state index in [2.05, 4.69) is 5.32 Å². The molecule has 4 nitrogen and oxygen atoms in total. The summed E-state index contributed by atoms with van der Waals surface area (Å²) in [6.45, 7) is 7.42. The standard InChI is InChI=1S/C10H19NO3/c1-7-5-10(7,6-12)11-8(13)14-9(2,3)4/h7,12H,5-6H2,1-4H3,(H,11,13)/t7-,10+/m0/s1. The van der Waals surface area contributed by atoms with Crippen LogP contribution in [0.4, 0.5) is 4.79 Å². The zero-order chi connectivity index (χ0) is 11.0. The average Bonchev–Trinajstić information content (AvgIpc) is 2.58. The Morgan fingerprint density at radius 2 is 2.14 bits per heavy atom. The molecule has 4 heteroatoms. The van der Waals surface area contributed by atoms with Crippen molar-refractivity contribution in [1.29, 1.82) is 0 Å². The topological polar surface area (TPSA) is 58.6 Å². The number of alkyl carbamates (subject to hydrolysis) is 1. The molecule has 14 heavy (non-hydrogen) atoms. The molecule has 0 aliphatic heterocycles. The molecule has 0 radical (unpaired) electrons. The number of ether oxygens (including phenoxy) is 1. The van der Waals surface area contributed by atoms with Gasteiger partial charge in [-0.15, -0.1) is 0 Å². The highest BCUT2D eigenvalue weighted by Gasteiger charge is 2.52. The second-order valence-corrected chi connectivity index (χ2v) is 5.05. The number of nitrogens with one attached hydrogen (secondary N) is 1. The fourth-order valence-electron chi connectivity index (χ4n) is 1.43. The van der Waals surface area contributed by atoms with Crippen molar-refractivity contribution in [3.8, 4) is 0 Å². The van der Waals surface area contributed by atoms with E-state index in [-0.39, 0.29) is 6.61 Å². The van der Waals surface area contributed by atoms with Crippen LogP contribution in [-0.4, -0.2) is 28.9 Å². The molecule has 0 unspecified atom stereocenters. The largest absolute Gasteiger partial charge is 0.444 e. The molecule has 0 bridgehead atoms. The summed E-state index contributed by atoms with van der Waals surface area (Å²) in [5.74, 6) is 0.333. The van der Waals surface area contributed by atoms with E-state index in [4.69, 9.17) is 9.84 Å². The van der Waals surface area contributed by atoms with Crippen LogP contribution in [0, 0.1) is 5.92 Å². The summed E-state index contributed by atoms with van der Waals surface area (Å²) >= 11 is 0. The number of carbonyl (C=O) groups excluding carboxylic acids is 1. The van der Waals surface area contributed by atoms with Gasteiger partial charge in [0.2, 0.25) is 0 Å². The van der Waals surface area contributed by atoms with Gasteiger partial charge in [0.05, 0.1) is 12.1 Å². The third kappa shape index (κ3) is 2.61. The highest BCUT2D eigenvalue weighted by Crippen LogP contribution is 2.42. The Balaban J connectivity index is 2.42. The zero-order valence-corrected chi connectivity index (χ0v) is 9.26. The number of hydrogen-bond acceptors (Lipinski definition) is 3. The molecule has 1 aliphatic carbocycles. The van der Waals surface area contributed by atoms with Crippen molar-refractivity contribution < 1.29 is 14.6 Å². The van der Waals surface area contributed by atoms with Gasteiger partial charge in [-0.2, -0.15) is 0 Å². The first-order valence-corrected chi connectivity index (χ1v) is 4.91. The molecule has 1 fully saturated rings. The van der Waals surface area contributed by atoms with Crippen LogP contribution in [0.3, 0.4) is 0 Å². The van der Waals surface area contributed by atoms with Crippen molar-refractivity contribution in [3.63, 3.8) is 0 Å². The van der Waals surface area contributed by atoms with Crippen LogP contribution in [0.25, 0.3) is 0 Å². The van der Waals surface area contributed by atoms with Crippen molar-refractivity contribution in [2.75, 3.05) is 6.61 Å². The van der Waals surface area contributed by atoms with Gasteiger partial charge in [-0.3, -0.25) is 0 Å². The maximum atomic E-state index is 11.4. The van der Waals surface area contributed by atoms with Crippen molar-refractivity contribution in [3.05, 3.63) is 0 Å². The van der Waals surface area contributed by atoms with Gasteiger partial charge in [-0.1, -0.05) is 6.92 Å². The van der Waals surface area contributed by atoms with Crippen molar-refractivity contribution >= 4 is 6.09 Å². The zero-order valence-electron chi connectivity index (χ0n) is 9.26. The quantitative estimate of drug-likeness (QED) is 0.707. The van der Waals surface area contributed by atoms with Gasteiger partial charge in [-0.25, -0.2) is 4.79 Å². The van der Waals surface area contributed by atoms with Gasteiger partial charge in [0.15, 0.2) is 0 Å². The number of amides is 1. The SMILES string of the molecule is C[C@H]1C[C@]1(CO)NC(=O)OC(C)(C)C. The Bertz CT molecular complexity index is 230. The van der Waals surface area contributed by atoms with E-state index in [1.54, 1.807) is 0 Å². The van der Waals surface area contributed by atoms with Crippen LogP contribution < -0.4 is 5.32 Å². The van der Waals surface area contributed by atoms with Crippen molar-refractivity contribution in [1.82, 2.24) is 5.32 Å². The van der Waals surface area contributed by atoms with Crippen LogP contribution in [0.5, 0.6) is 0 Å². The van der Waals surface area contributed by atoms with Crippen LogP contribution >= 0.6 is 0 Å². The Morgan fingerprint density at radius 1 is 1.64 bits per heavy atom. The fraction of sp³-hybridized carbons (Fsp3) is 0.900. The van der Waals surface area contributed by atoms with Gasteiger partial charge in [0.25, 0.3) is 0 Å². The molecule has 82 valence electrons. The van der Waals surface area contributed by atoms with Gasteiger partial charge in [0.1, 0.15) is 5.60 Å². The molecule has 2 atom stereocenters. The molecule has 1 amide bonds. The predicted octanol–water partition coefficient (Wildman–Crippen LogP) is 1.28. The van der Waals surface area contributed by atoms with E-state index in [0.717, 1.165) is 6.42 Å². The first-order valence-electron chi connectivity index (χ1n) is 4.91. The van der Waals surface area contributed by atoms with E-state index >= 15 is 0 Å². The highest BCUT2D eigenvalue weighted by molar-refractivity contribution is 5.69. The molecule has 1 rings (SSSR count). The summed E-state index contributed by atoms with van der Waals surface area (Å²) in [5, 5.41) is 11.8. The summed E-state index contributed by atoms with van der Waals surface area (Å²) < 4.78 is 5.10. The Kier molecular flexibility index (Phi) is 2.76. The maximum absolute atomic E-state index is 11.4. The lowest BCUT2D eigenvalue weighted by atomic mass is 10.2. The molecular formula is C10H19NO3. The van der Waals surface area contributed by atoms with E-state index < -0.39 is 17.2 Å². The Morgan fingerprint density at radius 3 is 2.43 bits per heavy atom. The number of aliphatic hydroxyl groups excluding tert-OH is 1. The van der Waals surface area contributed by atoms with E-state index in [1.807, 2.05) is 27.7 Å². The van der Waals surface area contributed by atoms with Gasteiger partial charge in [-0.05, 0) is 33.1 Å². The normalized spacial score (nSPS) is 31.1. The van der Waals surface area contributed by atoms with Crippen LogP contribution in [-0.2, 0) is 4.74 Å². The van der Waals surface area contributed by atoms with Crippen molar-refractivity contribution in [2.45, 2.75) is 45.3 Å². The lowest BCUT2D eigenvalue weighted by Gasteiger charge is -2.22. The van der Waals surface area contributed by atoms with Gasteiger partial charge < -0.3 is 15.2 Å². The lowest BCUT2D eigenvalue weighted by molar-refractivity contribution is 0.0463. The van der Waals surface area contributed by atoms with E-state index in [1.165, 1.54) is 0 Å². The molecule has 0 spiro atoms. The minimum atomic E-state index is -0.487. The second-order valence-electron chi connectivity index (χ2n) is 5.05. The number of carbonyl (C=O) groups is 1. The molecule has 0 saturated heterocycles. The molecule has 0 aromatic carbocycles. The Labute approximate surface area is 84.6 Å². The molecular weight excluding hydrogens is 182 g/mol. The molecule has 0 heterocycles. The first kappa shape index (κ1) is 11.3. The molecule has 0 aromatic rings.